The number of carbonyl (C=O) groups excluding carboxylic acids is 2. The second-order valence-corrected chi connectivity index (χ2v) is 6.93. The highest BCUT2D eigenvalue weighted by atomic mass is 16.6. The lowest BCUT2D eigenvalue weighted by molar-refractivity contribution is -0.165. The van der Waals surface area contributed by atoms with Gasteiger partial charge in [-0.15, -0.1) is 6.58 Å². The van der Waals surface area contributed by atoms with E-state index in [0.29, 0.717) is 30.8 Å². The molecule has 0 amide bonds. The van der Waals surface area contributed by atoms with E-state index in [1.54, 1.807) is 24.3 Å². The van der Waals surface area contributed by atoms with E-state index in [-0.39, 0.29) is 34.7 Å². The van der Waals surface area contributed by atoms with Crippen LogP contribution in [0.3, 0.4) is 0 Å². The molecule has 1 N–H and O–H groups in total. The van der Waals surface area contributed by atoms with E-state index in [0.717, 1.165) is 0 Å². The summed E-state index contributed by atoms with van der Waals surface area (Å²) in [7, 11) is 0. The molecular formula is C19H16O5. The first-order valence-corrected chi connectivity index (χ1v) is 8.12. The van der Waals surface area contributed by atoms with Gasteiger partial charge < -0.3 is 14.6 Å². The minimum absolute atomic E-state index is 0.0312. The Morgan fingerprint density at radius 1 is 1.38 bits per heavy atom. The molecule has 1 saturated heterocycles. The maximum Gasteiger partial charge on any atom is 0.200 e. The summed E-state index contributed by atoms with van der Waals surface area (Å²) in [6.45, 7) is 4.15. The molecule has 0 aromatic heterocycles. The summed E-state index contributed by atoms with van der Waals surface area (Å²) in [5, 5.41) is 10.1. The van der Waals surface area contributed by atoms with Crippen LogP contribution in [0.25, 0.3) is 0 Å². The molecule has 1 aromatic rings. The van der Waals surface area contributed by atoms with Gasteiger partial charge >= 0.3 is 0 Å². The normalized spacial score (nSPS) is 38.2. The minimum atomic E-state index is -1.19. The number of phenols is 1. The lowest BCUT2D eigenvalue weighted by atomic mass is 9.53. The summed E-state index contributed by atoms with van der Waals surface area (Å²) in [6.07, 6.45) is 4.31. The zero-order valence-electron chi connectivity index (χ0n) is 13.0. The van der Waals surface area contributed by atoms with Crippen molar-refractivity contribution in [1.82, 2.24) is 0 Å². The number of hydrogen-bond acceptors (Lipinski definition) is 5. The van der Waals surface area contributed by atoms with E-state index in [1.807, 2.05) is 0 Å². The molecule has 3 aliphatic carbocycles. The zero-order valence-corrected chi connectivity index (χ0v) is 13.0. The molecule has 2 fully saturated rings. The van der Waals surface area contributed by atoms with Gasteiger partial charge in [0.25, 0.3) is 0 Å². The molecule has 1 saturated carbocycles. The first-order valence-electron chi connectivity index (χ1n) is 8.12. The number of phenolic OH excluding ortho intramolecular Hbond substituents is 1. The van der Waals surface area contributed by atoms with Crippen molar-refractivity contribution in [3.8, 4) is 11.5 Å². The maximum atomic E-state index is 13.1. The molecule has 1 spiro atoms. The number of hydrogen-bond donors (Lipinski definition) is 1. The molecule has 2 aliphatic heterocycles. The Hall–Kier alpha value is -2.40. The predicted octanol–water partition coefficient (Wildman–Crippen LogP) is 2.20. The largest absolute Gasteiger partial charge is 0.507 e. The Balaban J connectivity index is 1.83. The van der Waals surface area contributed by atoms with Crippen LogP contribution >= 0.6 is 0 Å². The number of Topliss-reactive ketones (excluding diaryl/α,β-unsaturated/α-hetero) is 2. The van der Waals surface area contributed by atoms with Gasteiger partial charge in [-0.3, -0.25) is 9.59 Å². The van der Waals surface area contributed by atoms with Crippen molar-refractivity contribution in [2.75, 3.05) is 6.61 Å². The molecule has 2 heterocycles. The summed E-state index contributed by atoms with van der Waals surface area (Å²) in [5.41, 5.74) is -1.67. The lowest BCUT2D eigenvalue weighted by Crippen LogP contribution is -2.71. The smallest absolute Gasteiger partial charge is 0.200 e. The highest BCUT2D eigenvalue weighted by Gasteiger charge is 2.76. The molecule has 4 atom stereocenters. The zero-order chi connectivity index (χ0) is 16.7. The van der Waals surface area contributed by atoms with Crippen LogP contribution in [-0.2, 0) is 9.53 Å². The van der Waals surface area contributed by atoms with E-state index < -0.39 is 11.2 Å². The van der Waals surface area contributed by atoms with Gasteiger partial charge in [-0.05, 0) is 18.6 Å². The topological polar surface area (TPSA) is 72.8 Å². The van der Waals surface area contributed by atoms with Gasteiger partial charge in [0, 0.05) is 23.8 Å². The Labute approximate surface area is 138 Å². The van der Waals surface area contributed by atoms with E-state index in [2.05, 4.69) is 6.58 Å². The van der Waals surface area contributed by atoms with Crippen molar-refractivity contribution in [3.05, 3.63) is 48.1 Å². The minimum Gasteiger partial charge on any atom is -0.507 e. The number of aromatic hydroxyl groups is 1. The van der Waals surface area contributed by atoms with Crippen LogP contribution in [0.5, 0.6) is 11.5 Å². The standard InChI is InChI=1S/C19H16O5/c1-2-6-18-17(22)10-7-11(9-23-18)19(18)12(8-10)16(21)15-13(20)4-3-5-14(15)24-19/h2-5,8,10-11,20H,1,6-7,9H2. The predicted molar refractivity (Wildman–Crippen MR) is 84.0 cm³/mol. The molecule has 5 heteroatoms. The third-order valence-corrected chi connectivity index (χ3v) is 5.93. The van der Waals surface area contributed by atoms with Crippen molar-refractivity contribution < 1.29 is 24.2 Å². The average Bonchev–Trinajstić information content (AvgIpc) is 2.81. The number of ether oxygens (including phenoxy) is 2. The Morgan fingerprint density at radius 3 is 3.00 bits per heavy atom. The molecular weight excluding hydrogens is 308 g/mol. The summed E-state index contributed by atoms with van der Waals surface area (Å²) in [4.78, 5) is 26.2. The van der Waals surface area contributed by atoms with Crippen LogP contribution < -0.4 is 4.74 Å². The van der Waals surface area contributed by atoms with Crippen LogP contribution in [0.4, 0.5) is 0 Å². The first kappa shape index (κ1) is 14.0. The number of allylic oxidation sites excluding steroid dienone is 1. The Bertz CT molecular complexity index is 853. The highest BCUT2D eigenvalue weighted by Crippen LogP contribution is 2.63. The first-order chi connectivity index (χ1) is 11.5. The lowest BCUT2D eigenvalue weighted by Gasteiger charge is -2.55. The number of rotatable bonds is 2. The van der Waals surface area contributed by atoms with Gasteiger partial charge in [0.1, 0.15) is 17.1 Å². The molecule has 4 bridgehead atoms. The third-order valence-electron chi connectivity index (χ3n) is 5.93. The van der Waals surface area contributed by atoms with Crippen LogP contribution in [-0.4, -0.2) is 34.5 Å². The highest BCUT2D eigenvalue weighted by molar-refractivity contribution is 6.17. The van der Waals surface area contributed by atoms with Crippen molar-refractivity contribution in [3.63, 3.8) is 0 Å². The molecule has 6 rings (SSSR count). The van der Waals surface area contributed by atoms with Crippen LogP contribution in [0.1, 0.15) is 23.2 Å². The summed E-state index contributed by atoms with van der Waals surface area (Å²) in [6, 6.07) is 4.76. The van der Waals surface area contributed by atoms with E-state index in [4.69, 9.17) is 9.47 Å². The van der Waals surface area contributed by atoms with Gasteiger partial charge in [0.2, 0.25) is 0 Å². The molecule has 5 aliphatic rings. The fourth-order valence-corrected chi connectivity index (χ4v) is 5.02. The molecule has 0 radical (unpaired) electrons. The van der Waals surface area contributed by atoms with Crippen molar-refractivity contribution >= 4 is 11.6 Å². The van der Waals surface area contributed by atoms with Crippen LogP contribution in [0.2, 0.25) is 0 Å². The van der Waals surface area contributed by atoms with Crippen molar-refractivity contribution in [2.24, 2.45) is 11.8 Å². The maximum absolute atomic E-state index is 13.1. The van der Waals surface area contributed by atoms with Gasteiger partial charge in [-0.1, -0.05) is 18.2 Å². The number of ketones is 2. The second kappa shape index (κ2) is 4.16. The number of carbonyl (C=O) groups is 2. The van der Waals surface area contributed by atoms with Crippen LogP contribution in [0, 0.1) is 11.8 Å². The number of fused-ring (bicyclic) bond motifs is 1. The van der Waals surface area contributed by atoms with Gasteiger partial charge in [0.05, 0.1) is 6.61 Å². The Kier molecular flexibility index (Phi) is 2.43. The fourth-order valence-electron chi connectivity index (χ4n) is 5.02. The summed E-state index contributed by atoms with van der Waals surface area (Å²) >= 11 is 0. The van der Waals surface area contributed by atoms with Crippen molar-refractivity contribution in [1.29, 1.82) is 0 Å². The average molecular weight is 324 g/mol. The quantitative estimate of drug-likeness (QED) is 0.844. The van der Waals surface area contributed by atoms with Gasteiger partial charge in [-0.2, -0.15) is 0 Å². The summed E-state index contributed by atoms with van der Waals surface area (Å²) in [5.74, 6) is -0.484. The van der Waals surface area contributed by atoms with Gasteiger partial charge in [0.15, 0.2) is 22.8 Å². The second-order valence-electron chi connectivity index (χ2n) is 6.93. The van der Waals surface area contributed by atoms with E-state index in [9.17, 15) is 14.7 Å². The van der Waals surface area contributed by atoms with E-state index >= 15 is 0 Å². The van der Waals surface area contributed by atoms with Crippen molar-refractivity contribution in [2.45, 2.75) is 24.0 Å². The summed E-state index contributed by atoms with van der Waals surface area (Å²) < 4.78 is 12.3. The third kappa shape index (κ3) is 1.25. The van der Waals surface area contributed by atoms with Gasteiger partial charge in [-0.25, -0.2) is 0 Å². The van der Waals surface area contributed by atoms with E-state index in [1.165, 1.54) is 6.07 Å². The van der Waals surface area contributed by atoms with Crippen LogP contribution in [0.15, 0.2) is 42.5 Å². The number of benzene rings is 1. The molecule has 1 aromatic carbocycles. The SMILES string of the molecule is C=CCC12OCC3CC(C=C4C(=O)c5c(O)cccc5OC431)C2=O. The molecule has 5 nitrogen and oxygen atoms in total. The molecule has 122 valence electrons. The monoisotopic (exact) mass is 324 g/mol. The molecule has 24 heavy (non-hydrogen) atoms. The fraction of sp³-hybridized carbons (Fsp3) is 0.368. The Morgan fingerprint density at radius 2 is 2.21 bits per heavy atom. The molecule has 4 unspecified atom stereocenters.